The van der Waals surface area contributed by atoms with Gasteiger partial charge in [-0.2, -0.15) is 0 Å². The van der Waals surface area contributed by atoms with Crippen LogP contribution in [-0.4, -0.2) is 36.6 Å². The van der Waals surface area contributed by atoms with Crippen molar-refractivity contribution in [3.05, 3.63) is 0 Å². The van der Waals surface area contributed by atoms with Gasteiger partial charge in [-0.15, -0.1) is 0 Å². The maximum atomic E-state index is 3.42. The maximum absolute atomic E-state index is 3.42. The Labute approximate surface area is 88.1 Å². The molecule has 0 spiro atoms. The molecule has 2 heteroatoms. The molecule has 1 heterocycles. The Kier molecular flexibility index (Phi) is 3.13. The van der Waals surface area contributed by atoms with E-state index in [1.165, 1.54) is 32.2 Å². The summed E-state index contributed by atoms with van der Waals surface area (Å²) in [5.41, 5.74) is 0. The summed E-state index contributed by atoms with van der Waals surface area (Å²) in [6.45, 7) is 6.12. The molecule has 0 radical (unpaired) electrons. The highest BCUT2D eigenvalue weighted by atomic mass is 15.2. The molecule has 1 saturated carbocycles. The van der Waals surface area contributed by atoms with Crippen molar-refractivity contribution in [1.29, 1.82) is 0 Å². The molecule has 4 atom stereocenters. The normalized spacial score (nSPS) is 44.8. The molecule has 4 unspecified atom stereocenters. The second kappa shape index (κ2) is 4.19. The second-order valence-corrected chi connectivity index (χ2v) is 5.34. The molecule has 0 amide bonds. The van der Waals surface area contributed by atoms with E-state index in [9.17, 15) is 0 Å². The summed E-state index contributed by atoms with van der Waals surface area (Å²) in [5.74, 6) is 0.915. The third kappa shape index (κ3) is 1.96. The molecule has 1 saturated heterocycles. The highest BCUT2D eigenvalue weighted by Crippen LogP contribution is 2.32. The third-order valence-electron chi connectivity index (χ3n) is 4.11. The molecule has 0 aromatic rings. The molecule has 2 fully saturated rings. The van der Waals surface area contributed by atoms with Crippen LogP contribution in [0.15, 0.2) is 0 Å². The highest BCUT2D eigenvalue weighted by Gasteiger charge is 2.35. The number of likely N-dealkylation sites (tertiary alicyclic amines) is 1. The minimum atomic E-state index is 0.781. The van der Waals surface area contributed by atoms with Crippen molar-refractivity contribution in [2.75, 3.05) is 13.6 Å². The average Bonchev–Trinajstić information content (AvgIpc) is 2.71. The lowest BCUT2D eigenvalue weighted by atomic mass is 10.1. The first-order chi connectivity index (χ1) is 6.70. The van der Waals surface area contributed by atoms with E-state index in [2.05, 4.69) is 31.1 Å². The second-order valence-electron chi connectivity index (χ2n) is 5.34. The topological polar surface area (TPSA) is 15.3 Å². The van der Waals surface area contributed by atoms with Gasteiger partial charge in [-0.05, 0) is 45.6 Å². The minimum absolute atomic E-state index is 0.781. The number of nitrogens with zero attached hydrogens (tertiary/aromatic N) is 1. The molecule has 2 rings (SSSR count). The first-order valence-corrected chi connectivity index (χ1v) is 6.13. The van der Waals surface area contributed by atoms with Crippen LogP contribution >= 0.6 is 0 Å². The Bertz CT molecular complexity index is 193. The Balaban J connectivity index is 1.90. The van der Waals surface area contributed by atoms with Gasteiger partial charge in [-0.3, -0.25) is 4.90 Å². The Morgan fingerprint density at radius 3 is 2.43 bits per heavy atom. The van der Waals surface area contributed by atoms with Gasteiger partial charge in [0.25, 0.3) is 0 Å². The van der Waals surface area contributed by atoms with Crippen LogP contribution in [0.5, 0.6) is 0 Å². The molecule has 1 aliphatic carbocycles. The summed E-state index contributed by atoms with van der Waals surface area (Å²) in [6.07, 6.45) is 5.55. The fourth-order valence-corrected chi connectivity index (χ4v) is 3.36. The largest absolute Gasteiger partial charge is 0.317 e. The standard InChI is InChI=1S/C12H24N2/c1-9-6-10(2)14(8-9)12-5-4-11(7-12)13-3/h9-13H,4-8H2,1-3H3. The van der Waals surface area contributed by atoms with Gasteiger partial charge in [0.05, 0.1) is 0 Å². The van der Waals surface area contributed by atoms with E-state index in [-0.39, 0.29) is 0 Å². The van der Waals surface area contributed by atoms with E-state index in [1.54, 1.807) is 0 Å². The average molecular weight is 196 g/mol. The molecule has 14 heavy (non-hydrogen) atoms. The summed E-state index contributed by atoms with van der Waals surface area (Å²) in [7, 11) is 2.10. The first-order valence-electron chi connectivity index (χ1n) is 6.13. The predicted molar refractivity (Wildman–Crippen MR) is 60.4 cm³/mol. The number of hydrogen-bond acceptors (Lipinski definition) is 2. The monoisotopic (exact) mass is 196 g/mol. The quantitative estimate of drug-likeness (QED) is 0.725. The van der Waals surface area contributed by atoms with Crippen LogP contribution in [0.3, 0.4) is 0 Å². The zero-order valence-corrected chi connectivity index (χ0v) is 9.79. The molecule has 2 nitrogen and oxygen atoms in total. The van der Waals surface area contributed by atoms with Gasteiger partial charge in [-0.25, -0.2) is 0 Å². The molecule has 82 valence electrons. The van der Waals surface area contributed by atoms with Crippen molar-refractivity contribution >= 4 is 0 Å². The zero-order chi connectivity index (χ0) is 10.1. The molecule has 0 aromatic heterocycles. The summed E-state index contributed by atoms with van der Waals surface area (Å²) in [4.78, 5) is 2.75. The molecule has 0 aromatic carbocycles. The summed E-state index contributed by atoms with van der Waals surface area (Å²) < 4.78 is 0. The summed E-state index contributed by atoms with van der Waals surface area (Å²) in [5, 5.41) is 3.42. The van der Waals surface area contributed by atoms with Crippen molar-refractivity contribution in [3.8, 4) is 0 Å². The van der Waals surface area contributed by atoms with Crippen LogP contribution in [0.25, 0.3) is 0 Å². The number of rotatable bonds is 2. The molecule has 0 bridgehead atoms. The van der Waals surface area contributed by atoms with Gasteiger partial charge >= 0.3 is 0 Å². The van der Waals surface area contributed by atoms with Gasteiger partial charge in [0.2, 0.25) is 0 Å². The van der Waals surface area contributed by atoms with Crippen molar-refractivity contribution < 1.29 is 0 Å². The van der Waals surface area contributed by atoms with Crippen LogP contribution in [0.1, 0.15) is 39.5 Å². The predicted octanol–water partition coefficient (Wildman–Crippen LogP) is 1.86. The van der Waals surface area contributed by atoms with Crippen LogP contribution in [0.2, 0.25) is 0 Å². The molecular formula is C12H24N2. The van der Waals surface area contributed by atoms with Crippen LogP contribution in [0, 0.1) is 5.92 Å². The van der Waals surface area contributed by atoms with E-state index in [0.717, 1.165) is 24.0 Å². The van der Waals surface area contributed by atoms with Gasteiger partial charge in [0.15, 0.2) is 0 Å². The molecule has 2 aliphatic rings. The zero-order valence-electron chi connectivity index (χ0n) is 9.79. The lowest BCUT2D eigenvalue weighted by molar-refractivity contribution is 0.187. The smallest absolute Gasteiger partial charge is 0.0114 e. The highest BCUT2D eigenvalue weighted by molar-refractivity contribution is 4.92. The third-order valence-corrected chi connectivity index (χ3v) is 4.11. The van der Waals surface area contributed by atoms with Crippen molar-refractivity contribution in [2.45, 2.75) is 57.7 Å². The van der Waals surface area contributed by atoms with Gasteiger partial charge in [-0.1, -0.05) is 6.92 Å². The molecule has 1 aliphatic heterocycles. The summed E-state index contributed by atoms with van der Waals surface area (Å²) >= 11 is 0. The number of nitrogens with one attached hydrogen (secondary N) is 1. The Morgan fingerprint density at radius 1 is 1.14 bits per heavy atom. The van der Waals surface area contributed by atoms with Crippen molar-refractivity contribution in [1.82, 2.24) is 10.2 Å². The van der Waals surface area contributed by atoms with Crippen LogP contribution < -0.4 is 5.32 Å². The maximum Gasteiger partial charge on any atom is 0.0114 e. The molecular weight excluding hydrogens is 172 g/mol. The minimum Gasteiger partial charge on any atom is -0.317 e. The van der Waals surface area contributed by atoms with E-state index < -0.39 is 0 Å². The summed E-state index contributed by atoms with van der Waals surface area (Å²) in [6, 6.07) is 2.47. The van der Waals surface area contributed by atoms with Crippen molar-refractivity contribution in [2.24, 2.45) is 5.92 Å². The van der Waals surface area contributed by atoms with Crippen LogP contribution in [-0.2, 0) is 0 Å². The lowest BCUT2D eigenvalue weighted by Gasteiger charge is -2.28. The van der Waals surface area contributed by atoms with Crippen LogP contribution in [0.4, 0.5) is 0 Å². The van der Waals surface area contributed by atoms with Gasteiger partial charge < -0.3 is 5.32 Å². The van der Waals surface area contributed by atoms with E-state index in [1.807, 2.05) is 0 Å². The van der Waals surface area contributed by atoms with Gasteiger partial charge in [0.1, 0.15) is 0 Å². The van der Waals surface area contributed by atoms with E-state index >= 15 is 0 Å². The number of hydrogen-bond donors (Lipinski definition) is 1. The fourth-order valence-electron chi connectivity index (χ4n) is 3.36. The van der Waals surface area contributed by atoms with Crippen molar-refractivity contribution in [3.63, 3.8) is 0 Å². The fraction of sp³-hybridized carbons (Fsp3) is 1.00. The lowest BCUT2D eigenvalue weighted by Crippen LogP contribution is -2.37. The Hall–Kier alpha value is -0.0800. The van der Waals surface area contributed by atoms with Gasteiger partial charge in [0, 0.05) is 24.7 Å². The Morgan fingerprint density at radius 2 is 1.93 bits per heavy atom. The first kappa shape index (κ1) is 10.4. The molecule has 1 N–H and O–H groups in total. The SMILES string of the molecule is CNC1CCC(N2CC(C)CC2C)C1. The van der Waals surface area contributed by atoms with E-state index in [0.29, 0.717) is 0 Å². The van der Waals surface area contributed by atoms with E-state index in [4.69, 9.17) is 0 Å².